The van der Waals surface area contributed by atoms with Gasteiger partial charge in [0.2, 0.25) is 0 Å². The van der Waals surface area contributed by atoms with Crippen LogP contribution in [0.5, 0.6) is 0 Å². The molecule has 0 atom stereocenters. The van der Waals surface area contributed by atoms with E-state index in [9.17, 15) is 14.4 Å². The molecule has 0 bridgehead atoms. The zero-order valence-corrected chi connectivity index (χ0v) is 13.7. The van der Waals surface area contributed by atoms with Crippen LogP contribution in [0.1, 0.15) is 5.56 Å². The van der Waals surface area contributed by atoms with Crippen molar-refractivity contribution in [2.24, 2.45) is 0 Å². The maximum absolute atomic E-state index is 12.2. The molecule has 4 amide bonds. The molecule has 0 spiro atoms. The number of para-hydroxylation sites is 1. The van der Waals surface area contributed by atoms with Crippen LogP contribution < -0.4 is 4.90 Å². The van der Waals surface area contributed by atoms with E-state index in [1.54, 1.807) is 6.08 Å². The first-order valence-corrected chi connectivity index (χ1v) is 7.44. The van der Waals surface area contributed by atoms with E-state index in [0.29, 0.717) is 0 Å². The first-order valence-electron chi connectivity index (χ1n) is 7.44. The molecule has 0 unspecified atom stereocenters. The van der Waals surface area contributed by atoms with Gasteiger partial charge in [0, 0.05) is 32.5 Å². The molecule has 1 aromatic carbocycles. The quantitative estimate of drug-likeness (QED) is 0.586. The van der Waals surface area contributed by atoms with Crippen molar-refractivity contribution in [1.29, 1.82) is 0 Å². The smallest absolute Gasteiger partial charge is 0.333 e. The zero-order chi connectivity index (χ0) is 17.4. The van der Waals surface area contributed by atoms with Crippen LogP contribution in [0.2, 0.25) is 0 Å². The molecule has 2 aliphatic heterocycles. The third-order valence-corrected chi connectivity index (χ3v) is 4.18. The monoisotopic (exact) mass is 323 g/mol. The van der Waals surface area contributed by atoms with Crippen molar-refractivity contribution in [3.8, 4) is 0 Å². The minimum atomic E-state index is -0.626. The highest BCUT2D eigenvalue weighted by Gasteiger charge is 2.37. The van der Waals surface area contributed by atoms with Crippen LogP contribution in [0.4, 0.5) is 10.5 Å². The largest absolute Gasteiger partial charge is 0.344 e. The Bertz CT molecular complexity index is 810. The summed E-state index contributed by atoms with van der Waals surface area (Å²) in [6, 6.07) is 7.31. The summed E-state index contributed by atoms with van der Waals surface area (Å²) in [6.07, 6.45) is 7.06. The van der Waals surface area contributed by atoms with Crippen molar-refractivity contribution in [2.45, 2.75) is 0 Å². The van der Waals surface area contributed by atoms with Crippen LogP contribution in [0, 0.1) is 0 Å². The van der Waals surface area contributed by atoms with Crippen LogP contribution in [0.25, 0.3) is 6.08 Å². The van der Waals surface area contributed by atoms with Crippen molar-refractivity contribution in [3.05, 3.63) is 59.3 Å². The normalized spacial score (nSPS) is 19.3. The standard InChI is InChI=1S/C18H17N3O3/c1-19-13(9-8-12-6-4-5-7-15(12)19)10-11-14-16(22)20(2)18(24)21(3)17(14)23/h4-11H,1-3H3/b13-10+. The number of rotatable bonds is 1. The Morgan fingerprint density at radius 1 is 0.792 bits per heavy atom. The molecule has 3 rings (SSSR count). The molecule has 24 heavy (non-hydrogen) atoms. The summed E-state index contributed by atoms with van der Waals surface area (Å²) in [4.78, 5) is 39.9. The number of fused-ring (bicyclic) bond motifs is 1. The zero-order valence-electron chi connectivity index (χ0n) is 13.7. The predicted molar refractivity (Wildman–Crippen MR) is 91.0 cm³/mol. The number of amides is 4. The topological polar surface area (TPSA) is 60.9 Å². The number of likely N-dealkylation sites (N-methyl/N-ethyl adjacent to an activating group) is 3. The van der Waals surface area contributed by atoms with Crippen LogP contribution in [0.15, 0.2) is 53.8 Å². The van der Waals surface area contributed by atoms with E-state index in [4.69, 9.17) is 0 Å². The number of hydrogen-bond acceptors (Lipinski definition) is 4. The van der Waals surface area contributed by atoms with Crippen LogP contribution in [-0.2, 0) is 9.59 Å². The lowest BCUT2D eigenvalue weighted by Crippen LogP contribution is -2.53. The van der Waals surface area contributed by atoms with Gasteiger partial charge in [-0.15, -0.1) is 0 Å². The summed E-state index contributed by atoms with van der Waals surface area (Å²) in [5, 5.41) is 0. The molecule has 0 aromatic heterocycles. The highest BCUT2D eigenvalue weighted by Crippen LogP contribution is 2.29. The third-order valence-electron chi connectivity index (χ3n) is 4.18. The minimum absolute atomic E-state index is 0.0345. The summed E-state index contributed by atoms with van der Waals surface area (Å²) < 4.78 is 0. The van der Waals surface area contributed by atoms with Gasteiger partial charge in [0.1, 0.15) is 5.57 Å². The average molecular weight is 323 g/mol. The second kappa shape index (κ2) is 5.81. The van der Waals surface area contributed by atoms with Crippen molar-refractivity contribution in [3.63, 3.8) is 0 Å². The Labute approximate surface area is 139 Å². The number of carbonyl (C=O) groups excluding carboxylic acids is 3. The van der Waals surface area contributed by atoms with Crippen molar-refractivity contribution in [2.75, 3.05) is 26.0 Å². The van der Waals surface area contributed by atoms with E-state index in [1.165, 1.54) is 20.2 Å². The lowest BCUT2D eigenvalue weighted by molar-refractivity contribution is -0.134. The second-order valence-corrected chi connectivity index (χ2v) is 5.63. The van der Waals surface area contributed by atoms with Gasteiger partial charge < -0.3 is 4.90 Å². The molecule has 1 aromatic rings. The molecule has 6 nitrogen and oxygen atoms in total. The fourth-order valence-corrected chi connectivity index (χ4v) is 2.69. The molecule has 1 fully saturated rings. The first kappa shape index (κ1) is 15.7. The fraction of sp³-hybridized carbons (Fsp3) is 0.167. The lowest BCUT2D eigenvalue weighted by atomic mass is 10.1. The summed E-state index contributed by atoms with van der Waals surface area (Å²) >= 11 is 0. The molecule has 1 saturated heterocycles. The van der Waals surface area contributed by atoms with Gasteiger partial charge >= 0.3 is 6.03 Å². The summed E-state index contributed by atoms with van der Waals surface area (Å²) in [5.74, 6) is -1.19. The van der Waals surface area contributed by atoms with Gasteiger partial charge in [0.25, 0.3) is 11.8 Å². The van der Waals surface area contributed by atoms with Crippen LogP contribution in [-0.4, -0.2) is 48.8 Å². The molecule has 0 aliphatic carbocycles. The van der Waals surface area contributed by atoms with Gasteiger partial charge in [-0.05, 0) is 29.9 Å². The summed E-state index contributed by atoms with van der Waals surface area (Å²) in [5.41, 5.74) is 2.94. The van der Waals surface area contributed by atoms with Crippen LogP contribution >= 0.6 is 0 Å². The van der Waals surface area contributed by atoms with Gasteiger partial charge in [-0.3, -0.25) is 19.4 Å². The second-order valence-electron chi connectivity index (χ2n) is 5.63. The Hall–Kier alpha value is -3.15. The fourth-order valence-electron chi connectivity index (χ4n) is 2.69. The van der Waals surface area contributed by atoms with Gasteiger partial charge in [-0.25, -0.2) is 4.79 Å². The average Bonchev–Trinajstić information content (AvgIpc) is 2.60. The number of imide groups is 2. The molecule has 122 valence electrons. The number of urea groups is 1. The van der Waals surface area contributed by atoms with Crippen molar-refractivity contribution >= 4 is 29.6 Å². The number of nitrogens with zero attached hydrogens (tertiary/aromatic N) is 3. The van der Waals surface area contributed by atoms with Crippen molar-refractivity contribution < 1.29 is 14.4 Å². The Morgan fingerprint density at radius 2 is 1.42 bits per heavy atom. The molecule has 0 saturated carbocycles. The number of carbonyl (C=O) groups is 3. The van der Waals surface area contributed by atoms with Gasteiger partial charge in [-0.1, -0.05) is 24.3 Å². The molecule has 0 N–H and O–H groups in total. The van der Waals surface area contributed by atoms with Gasteiger partial charge in [0.15, 0.2) is 0 Å². The first-order chi connectivity index (χ1) is 11.4. The number of hydrogen-bond donors (Lipinski definition) is 0. The highest BCUT2D eigenvalue weighted by molar-refractivity contribution is 6.28. The lowest BCUT2D eigenvalue weighted by Gasteiger charge is -2.29. The van der Waals surface area contributed by atoms with Crippen molar-refractivity contribution in [1.82, 2.24) is 9.80 Å². The number of barbiturate groups is 1. The maximum atomic E-state index is 12.2. The number of allylic oxidation sites excluding steroid dienone is 3. The number of anilines is 1. The summed E-state index contributed by atoms with van der Waals surface area (Å²) in [6.45, 7) is 0. The molecular formula is C18H17N3O3. The highest BCUT2D eigenvalue weighted by atomic mass is 16.2. The SMILES string of the molecule is CN1C(=O)C(=C/C=C2\C=Cc3ccccc3N2C)C(=O)N(C)C1=O. The van der Waals surface area contributed by atoms with Gasteiger partial charge in [0.05, 0.1) is 0 Å². The predicted octanol–water partition coefficient (Wildman–Crippen LogP) is 2.01. The van der Waals surface area contributed by atoms with E-state index < -0.39 is 17.8 Å². The molecule has 2 aliphatic rings. The van der Waals surface area contributed by atoms with Gasteiger partial charge in [-0.2, -0.15) is 0 Å². The van der Waals surface area contributed by atoms with E-state index in [-0.39, 0.29) is 5.57 Å². The molecule has 0 radical (unpaired) electrons. The van der Waals surface area contributed by atoms with E-state index >= 15 is 0 Å². The molecular weight excluding hydrogens is 306 g/mol. The van der Waals surface area contributed by atoms with E-state index in [0.717, 1.165) is 26.7 Å². The van der Waals surface area contributed by atoms with E-state index in [1.807, 2.05) is 48.4 Å². The Balaban J connectivity index is 1.95. The maximum Gasteiger partial charge on any atom is 0.333 e. The van der Waals surface area contributed by atoms with E-state index in [2.05, 4.69) is 0 Å². The van der Waals surface area contributed by atoms with Crippen LogP contribution in [0.3, 0.4) is 0 Å². The molecule has 2 heterocycles. The summed E-state index contributed by atoms with van der Waals surface area (Å²) in [7, 11) is 4.63. The Kier molecular flexibility index (Phi) is 3.81. The number of benzene rings is 1. The third kappa shape index (κ3) is 2.42. The minimum Gasteiger partial charge on any atom is -0.344 e. The Morgan fingerprint density at radius 3 is 2.08 bits per heavy atom. The molecule has 6 heteroatoms.